The van der Waals surface area contributed by atoms with Gasteiger partial charge in [-0.25, -0.2) is 0 Å². The third kappa shape index (κ3) is 2.49. The largest absolute Gasteiger partial charge is 0.493 e. The fraction of sp³-hybridized carbons (Fsp3) is 0.625. The van der Waals surface area contributed by atoms with Crippen LogP contribution >= 0.6 is 0 Å². The third-order valence-corrected chi connectivity index (χ3v) is 4.36. The van der Waals surface area contributed by atoms with Crippen molar-refractivity contribution in [3.63, 3.8) is 0 Å². The first-order valence-electron chi connectivity index (χ1n) is 7.29. The highest BCUT2D eigenvalue weighted by molar-refractivity contribution is 5.42. The van der Waals surface area contributed by atoms with Gasteiger partial charge in [-0.05, 0) is 49.8 Å². The minimum absolute atomic E-state index is 0.195. The van der Waals surface area contributed by atoms with Crippen LogP contribution in [0.3, 0.4) is 0 Å². The fourth-order valence-corrected chi connectivity index (χ4v) is 3.00. The molecule has 0 saturated carbocycles. The van der Waals surface area contributed by atoms with Crippen molar-refractivity contribution in [1.29, 1.82) is 0 Å². The van der Waals surface area contributed by atoms with Gasteiger partial charge in [0.25, 0.3) is 0 Å². The summed E-state index contributed by atoms with van der Waals surface area (Å²) in [6.45, 7) is 4.60. The van der Waals surface area contributed by atoms with Crippen molar-refractivity contribution in [2.45, 2.75) is 44.1 Å². The minimum Gasteiger partial charge on any atom is -0.493 e. The molecule has 3 rings (SSSR count). The quantitative estimate of drug-likeness (QED) is 0.905. The van der Waals surface area contributed by atoms with Gasteiger partial charge >= 0.3 is 0 Å². The molecule has 1 fully saturated rings. The highest BCUT2D eigenvalue weighted by atomic mass is 16.5. The summed E-state index contributed by atoms with van der Waals surface area (Å²) in [6, 6.07) is 6.94. The van der Waals surface area contributed by atoms with Crippen LogP contribution < -0.4 is 10.5 Å². The molecular weight excluding hydrogens is 238 g/mol. The first-order valence-corrected chi connectivity index (χ1v) is 7.29. The van der Waals surface area contributed by atoms with Crippen molar-refractivity contribution in [2.75, 3.05) is 19.8 Å². The number of ether oxygens (including phenoxy) is 2. The van der Waals surface area contributed by atoms with Crippen LogP contribution in [0.25, 0.3) is 0 Å². The summed E-state index contributed by atoms with van der Waals surface area (Å²) in [4.78, 5) is 0. The van der Waals surface area contributed by atoms with E-state index in [0.717, 1.165) is 51.3 Å². The smallest absolute Gasteiger partial charge is 0.122 e. The van der Waals surface area contributed by atoms with E-state index in [-0.39, 0.29) is 11.5 Å². The van der Waals surface area contributed by atoms with Gasteiger partial charge in [-0.3, -0.25) is 0 Å². The Bertz CT molecular complexity index is 452. The molecule has 0 aromatic heterocycles. The van der Waals surface area contributed by atoms with Crippen molar-refractivity contribution in [3.05, 3.63) is 29.3 Å². The van der Waals surface area contributed by atoms with Gasteiger partial charge < -0.3 is 15.2 Å². The number of benzene rings is 1. The first-order chi connectivity index (χ1) is 9.20. The Morgan fingerprint density at radius 1 is 1.37 bits per heavy atom. The Labute approximate surface area is 115 Å². The molecule has 0 radical (unpaired) electrons. The van der Waals surface area contributed by atoms with Gasteiger partial charge in [-0.15, -0.1) is 0 Å². The van der Waals surface area contributed by atoms with Gasteiger partial charge in [0, 0.05) is 11.5 Å². The number of nitrogens with two attached hydrogens (primary N) is 1. The fourth-order valence-electron chi connectivity index (χ4n) is 3.00. The van der Waals surface area contributed by atoms with Crippen molar-refractivity contribution in [1.82, 2.24) is 0 Å². The zero-order valence-electron chi connectivity index (χ0n) is 11.7. The van der Waals surface area contributed by atoms with Gasteiger partial charge in [0.1, 0.15) is 5.75 Å². The van der Waals surface area contributed by atoms with Gasteiger partial charge in [0.05, 0.1) is 19.8 Å². The molecule has 1 unspecified atom stereocenters. The second-order valence-electron chi connectivity index (χ2n) is 6.06. The summed E-state index contributed by atoms with van der Waals surface area (Å²) in [5, 5.41) is 0. The summed E-state index contributed by atoms with van der Waals surface area (Å²) >= 11 is 0. The molecule has 3 nitrogen and oxygen atoms in total. The number of hydrogen-bond donors (Lipinski definition) is 1. The van der Waals surface area contributed by atoms with Crippen molar-refractivity contribution in [3.8, 4) is 5.75 Å². The number of fused-ring (bicyclic) bond motifs is 1. The Balaban J connectivity index is 1.83. The second-order valence-corrected chi connectivity index (χ2v) is 6.06. The predicted molar refractivity (Wildman–Crippen MR) is 75.6 cm³/mol. The normalized spacial score (nSPS) is 22.0. The van der Waals surface area contributed by atoms with E-state index >= 15 is 0 Å². The molecule has 0 spiro atoms. The average Bonchev–Trinajstić information content (AvgIpc) is 2.37. The van der Waals surface area contributed by atoms with Gasteiger partial charge in [0.15, 0.2) is 0 Å². The van der Waals surface area contributed by atoms with E-state index in [1.54, 1.807) is 0 Å². The summed E-state index contributed by atoms with van der Waals surface area (Å²) in [6.07, 6.45) is 4.43. The van der Waals surface area contributed by atoms with Crippen molar-refractivity contribution in [2.24, 2.45) is 5.73 Å². The van der Waals surface area contributed by atoms with Crippen LogP contribution in [0.5, 0.6) is 5.75 Å². The van der Waals surface area contributed by atoms with Crippen LogP contribution in [0.1, 0.15) is 37.3 Å². The lowest BCUT2D eigenvalue weighted by Gasteiger charge is -2.43. The van der Waals surface area contributed by atoms with E-state index in [1.807, 2.05) is 0 Å². The Morgan fingerprint density at radius 2 is 2.21 bits per heavy atom. The zero-order valence-corrected chi connectivity index (χ0v) is 11.7. The molecule has 104 valence electrons. The summed E-state index contributed by atoms with van der Waals surface area (Å²) < 4.78 is 11.2. The first kappa shape index (κ1) is 12.9. The van der Waals surface area contributed by atoms with Crippen LogP contribution in [-0.2, 0) is 16.6 Å². The highest BCUT2D eigenvalue weighted by Crippen LogP contribution is 2.39. The summed E-state index contributed by atoms with van der Waals surface area (Å²) in [7, 11) is 0. The Hall–Kier alpha value is -1.06. The van der Waals surface area contributed by atoms with E-state index in [1.165, 1.54) is 11.1 Å². The average molecular weight is 261 g/mol. The highest BCUT2D eigenvalue weighted by Gasteiger charge is 2.40. The number of rotatable bonds is 4. The monoisotopic (exact) mass is 261 g/mol. The van der Waals surface area contributed by atoms with E-state index in [4.69, 9.17) is 15.2 Å². The van der Waals surface area contributed by atoms with E-state index in [9.17, 15) is 0 Å². The lowest BCUT2D eigenvalue weighted by Crippen LogP contribution is -2.47. The molecule has 1 atom stereocenters. The Kier molecular flexibility index (Phi) is 3.50. The molecule has 2 heterocycles. The molecule has 0 aliphatic carbocycles. The van der Waals surface area contributed by atoms with Crippen LogP contribution in [0.15, 0.2) is 18.2 Å². The number of aryl methyl sites for hydroxylation is 1. The molecule has 0 bridgehead atoms. The second kappa shape index (κ2) is 5.14. The molecule has 2 aliphatic rings. The van der Waals surface area contributed by atoms with Crippen LogP contribution in [0.4, 0.5) is 0 Å². The minimum atomic E-state index is 0.195. The molecule has 3 heteroatoms. The van der Waals surface area contributed by atoms with Gasteiger partial charge in [0.2, 0.25) is 0 Å². The van der Waals surface area contributed by atoms with E-state index in [0.29, 0.717) is 0 Å². The SMILES string of the molecule is CC(N)CCC1(c2ccc3c(c2)CCCO3)COC1. The molecule has 1 aromatic carbocycles. The molecule has 0 amide bonds. The van der Waals surface area contributed by atoms with E-state index < -0.39 is 0 Å². The Morgan fingerprint density at radius 3 is 2.89 bits per heavy atom. The lowest BCUT2D eigenvalue weighted by molar-refractivity contribution is -0.0657. The summed E-state index contributed by atoms with van der Waals surface area (Å²) in [5.74, 6) is 1.07. The van der Waals surface area contributed by atoms with E-state index in [2.05, 4.69) is 25.1 Å². The lowest BCUT2D eigenvalue weighted by atomic mass is 9.73. The molecule has 2 N–H and O–H groups in total. The molecule has 1 saturated heterocycles. The maximum atomic E-state index is 5.91. The number of hydrogen-bond acceptors (Lipinski definition) is 3. The molecule has 19 heavy (non-hydrogen) atoms. The topological polar surface area (TPSA) is 44.5 Å². The maximum Gasteiger partial charge on any atom is 0.122 e. The standard InChI is InChI=1S/C16H23NO2/c1-12(17)6-7-16(10-18-11-16)14-4-5-15-13(9-14)3-2-8-19-15/h4-5,9,12H,2-3,6-8,10-11,17H2,1H3. The molecule has 1 aromatic rings. The van der Waals surface area contributed by atoms with Crippen molar-refractivity contribution < 1.29 is 9.47 Å². The van der Waals surface area contributed by atoms with Crippen LogP contribution in [0, 0.1) is 0 Å². The van der Waals surface area contributed by atoms with Crippen LogP contribution in [-0.4, -0.2) is 25.9 Å². The summed E-state index contributed by atoms with van der Waals surface area (Å²) in [5.41, 5.74) is 8.86. The third-order valence-electron chi connectivity index (χ3n) is 4.36. The zero-order chi connectivity index (χ0) is 13.3. The van der Waals surface area contributed by atoms with Crippen LogP contribution in [0.2, 0.25) is 0 Å². The van der Waals surface area contributed by atoms with Gasteiger partial charge in [-0.1, -0.05) is 12.1 Å². The van der Waals surface area contributed by atoms with Crippen molar-refractivity contribution >= 4 is 0 Å². The predicted octanol–water partition coefficient (Wildman–Crippen LogP) is 2.41. The molecule has 2 aliphatic heterocycles. The van der Waals surface area contributed by atoms with Gasteiger partial charge in [-0.2, -0.15) is 0 Å². The molecular formula is C16H23NO2. The maximum absolute atomic E-state index is 5.91.